The van der Waals surface area contributed by atoms with E-state index >= 15 is 0 Å². The van der Waals surface area contributed by atoms with Crippen LogP contribution >= 0.6 is 0 Å². The van der Waals surface area contributed by atoms with Crippen LogP contribution in [-0.4, -0.2) is 4.92 Å². The highest BCUT2D eigenvalue weighted by molar-refractivity contribution is 5.44. The van der Waals surface area contributed by atoms with Crippen LogP contribution in [0.2, 0.25) is 0 Å². The van der Waals surface area contributed by atoms with Gasteiger partial charge in [0.25, 0.3) is 5.69 Å². The van der Waals surface area contributed by atoms with Crippen LogP contribution in [0.5, 0.6) is 0 Å². The van der Waals surface area contributed by atoms with E-state index in [-0.39, 0.29) is 19.8 Å². The Hall–Kier alpha value is -1.79. The van der Waals surface area contributed by atoms with Crippen LogP contribution in [0.3, 0.4) is 0 Å². The molecule has 1 aromatic carbocycles. The number of nitro groups is 1. The van der Waals surface area contributed by atoms with Gasteiger partial charge >= 0.3 is 0 Å². The molecule has 0 aromatic heterocycles. The molecule has 0 saturated carbocycles. The van der Waals surface area contributed by atoms with Gasteiger partial charge in [0.05, 0.1) is 4.92 Å². The Kier molecular flexibility index (Phi) is 9.19. The van der Waals surface area contributed by atoms with E-state index in [2.05, 4.69) is 0 Å². The van der Waals surface area contributed by atoms with E-state index in [0.29, 0.717) is 5.69 Å². The molecule has 7 heteroatoms. The minimum Gasteiger partial charge on any atom is -0.399 e. The van der Waals surface area contributed by atoms with Crippen LogP contribution in [0.25, 0.3) is 0 Å². The third kappa shape index (κ3) is 4.62. The lowest BCUT2D eigenvalue weighted by Crippen LogP contribution is -1.88. The van der Waals surface area contributed by atoms with Crippen molar-refractivity contribution in [3.05, 3.63) is 34.4 Å². The molecule has 0 saturated heterocycles. The molecule has 0 heterocycles. The summed E-state index contributed by atoms with van der Waals surface area (Å²) in [5.74, 6) is 0. The molecular formula is C6H9F3N2O2. The van der Waals surface area contributed by atoms with Gasteiger partial charge in [0.1, 0.15) is 0 Å². The van der Waals surface area contributed by atoms with Crippen molar-refractivity contribution < 1.29 is 19.0 Å². The zero-order valence-electron chi connectivity index (χ0n) is 6.38. The number of hydrogen-bond acceptors (Lipinski definition) is 3. The third-order valence-electron chi connectivity index (χ3n) is 1.10. The van der Waals surface area contributed by atoms with Crippen molar-refractivity contribution >= 4 is 11.4 Å². The summed E-state index contributed by atoms with van der Waals surface area (Å²) in [4.78, 5) is 9.62. The number of anilines is 1. The van der Waals surface area contributed by atoms with E-state index in [9.17, 15) is 10.1 Å². The van der Waals surface area contributed by atoms with E-state index < -0.39 is 4.92 Å². The fourth-order valence-corrected chi connectivity index (χ4v) is 0.596. The van der Waals surface area contributed by atoms with Crippen molar-refractivity contribution in [1.29, 1.82) is 0 Å². The fourth-order valence-electron chi connectivity index (χ4n) is 0.596. The Morgan fingerprint density at radius 1 is 1.08 bits per heavy atom. The summed E-state index contributed by atoms with van der Waals surface area (Å²) < 4.78 is 0. The molecule has 0 aliphatic carbocycles. The first-order chi connectivity index (χ1) is 4.70. The molecule has 0 aliphatic heterocycles. The average Bonchev–Trinajstić information content (AvgIpc) is 1.88. The van der Waals surface area contributed by atoms with Crippen molar-refractivity contribution in [2.45, 2.75) is 0 Å². The van der Waals surface area contributed by atoms with E-state index in [4.69, 9.17) is 5.73 Å². The van der Waals surface area contributed by atoms with E-state index in [1.807, 2.05) is 0 Å². The zero-order chi connectivity index (χ0) is 7.56. The second-order valence-electron chi connectivity index (χ2n) is 1.85. The average molecular weight is 198 g/mol. The second kappa shape index (κ2) is 6.89. The predicted octanol–water partition coefficient (Wildman–Crippen LogP) is 1.63. The highest BCUT2D eigenvalue weighted by Crippen LogP contribution is 2.11. The van der Waals surface area contributed by atoms with E-state index in [1.54, 1.807) is 0 Å². The van der Waals surface area contributed by atoms with Crippen LogP contribution in [0.1, 0.15) is 0 Å². The van der Waals surface area contributed by atoms with Gasteiger partial charge in [-0.25, -0.2) is 0 Å². The quantitative estimate of drug-likeness (QED) is 0.423. The Morgan fingerprint density at radius 2 is 1.46 bits per heavy atom. The molecule has 1 aromatic rings. The lowest BCUT2D eigenvalue weighted by Gasteiger charge is -1.90. The monoisotopic (exact) mass is 198 g/mol. The molecule has 0 aliphatic rings. The molecular weight excluding hydrogens is 189 g/mol. The molecule has 0 spiro atoms. The topological polar surface area (TPSA) is 69.2 Å². The third-order valence-corrected chi connectivity index (χ3v) is 1.10. The van der Waals surface area contributed by atoms with Gasteiger partial charge in [0.2, 0.25) is 0 Å². The Morgan fingerprint density at radius 3 is 1.77 bits per heavy atom. The smallest absolute Gasteiger partial charge is 0.269 e. The van der Waals surface area contributed by atoms with Crippen molar-refractivity contribution in [2.75, 3.05) is 5.73 Å². The van der Waals surface area contributed by atoms with Crippen molar-refractivity contribution in [2.24, 2.45) is 0 Å². The number of benzene rings is 1. The van der Waals surface area contributed by atoms with Gasteiger partial charge in [-0.1, -0.05) is 0 Å². The molecule has 0 unspecified atom stereocenters. The van der Waals surface area contributed by atoms with Gasteiger partial charge in [-0.2, -0.15) is 0 Å². The van der Waals surface area contributed by atoms with Gasteiger partial charge in [0.15, 0.2) is 0 Å². The predicted molar refractivity (Wildman–Crippen MR) is 45.0 cm³/mol. The molecule has 1 rings (SSSR count). The summed E-state index contributed by atoms with van der Waals surface area (Å²) in [6.07, 6.45) is 0. The van der Waals surface area contributed by atoms with Crippen molar-refractivity contribution in [3.8, 4) is 0 Å². The molecule has 0 fully saturated rings. The highest BCUT2D eigenvalue weighted by atomic mass is 19.0. The molecule has 0 atom stereocenters. The maximum absolute atomic E-state index is 10.1. The number of halogens is 3. The molecule has 0 amide bonds. The van der Waals surface area contributed by atoms with E-state index in [1.165, 1.54) is 24.3 Å². The summed E-state index contributed by atoms with van der Waals surface area (Å²) >= 11 is 0. The fraction of sp³-hybridized carbons (Fsp3) is 0. The summed E-state index contributed by atoms with van der Waals surface area (Å²) in [5.41, 5.74) is 5.90. The number of nitrogens with zero attached hydrogens (tertiary/aromatic N) is 1. The number of nitrogens with two attached hydrogens (primary N) is 1. The van der Waals surface area contributed by atoms with Crippen molar-refractivity contribution in [3.63, 3.8) is 0 Å². The number of rotatable bonds is 1. The maximum atomic E-state index is 10.1. The second-order valence-corrected chi connectivity index (χ2v) is 1.85. The normalized spacial score (nSPS) is 7.08. The Bertz CT molecular complexity index is 253. The molecule has 0 radical (unpaired) electrons. The molecule has 2 N–H and O–H groups in total. The highest BCUT2D eigenvalue weighted by Gasteiger charge is 2.00. The van der Waals surface area contributed by atoms with Crippen LogP contribution < -0.4 is 5.73 Å². The van der Waals surface area contributed by atoms with Crippen LogP contribution in [0.4, 0.5) is 25.5 Å². The molecule has 4 nitrogen and oxygen atoms in total. The summed E-state index contributed by atoms with van der Waals surface area (Å²) in [6, 6.07) is 5.74. The van der Waals surface area contributed by atoms with E-state index in [0.717, 1.165) is 0 Å². The van der Waals surface area contributed by atoms with Gasteiger partial charge in [-0.15, -0.1) is 0 Å². The van der Waals surface area contributed by atoms with Crippen LogP contribution in [-0.2, 0) is 0 Å². The number of nitro benzene ring substituents is 1. The van der Waals surface area contributed by atoms with Gasteiger partial charge < -0.3 is 5.73 Å². The Balaban J connectivity index is -0.000000333. The van der Waals surface area contributed by atoms with Crippen molar-refractivity contribution in [1.82, 2.24) is 0 Å². The first kappa shape index (κ1) is 17.3. The number of nitrogen functional groups attached to an aromatic ring is 1. The van der Waals surface area contributed by atoms with Crippen LogP contribution in [0.15, 0.2) is 24.3 Å². The standard InChI is InChI=1S/C6H6N2O2.3FH/c7-5-1-3-6(4-2-5)8(9)10;;;/h1-4H,7H2;3*1H. The minimum atomic E-state index is -0.459. The van der Waals surface area contributed by atoms with Gasteiger partial charge in [-0.3, -0.25) is 24.2 Å². The molecule has 0 bridgehead atoms. The van der Waals surface area contributed by atoms with Gasteiger partial charge in [-0.05, 0) is 12.1 Å². The largest absolute Gasteiger partial charge is 0.399 e. The van der Waals surface area contributed by atoms with Gasteiger partial charge in [0, 0.05) is 17.8 Å². The number of hydrogen-bond donors (Lipinski definition) is 1. The summed E-state index contributed by atoms with van der Waals surface area (Å²) in [7, 11) is 0. The Labute approximate surface area is 71.6 Å². The maximum Gasteiger partial charge on any atom is 0.269 e. The van der Waals surface area contributed by atoms with Crippen LogP contribution in [0, 0.1) is 10.1 Å². The lowest BCUT2D eigenvalue weighted by atomic mass is 10.3. The summed E-state index contributed by atoms with van der Waals surface area (Å²) in [5, 5.41) is 10.1. The molecule has 76 valence electrons. The minimum absolute atomic E-state index is 0. The zero-order valence-corrected chi connectivity index (χ0v) is 6.38. The SMILES string of the molecule is F.F.F.Nc1ccc([N+](=O)[O-])cc1. The summed E-state index contributed by atoms with van der Waals surface area (Å²) in [6.45, 7) is 0. The first-order valence-electron chi connectivity index (χ1n) is 2.70. The molecule has 13 heavy (non-hydrogen) atoms. The number of non-ortho nitro benzene ring substituents is 1. The lowest BCUT2D eigenvalue weighted by molar-refractivity contribution is -0.384. The first-order valence-corrected chi connectivity index (χ1v) is 2.70.